The van der Waals surface area contributed by atoms with Crippen molar-refractivity contribution in [2.75, 3.05) is 33.4 Å². The number of piperidine rings is 1. The van der Waals surface area contributed by atoms with Crippen molar-refractivity contribution in [2.24, 2.45) is 5.92 Å². The summed E-state index contributed by atoms with van der Waals surface area (Å²) in [7, 11) is 1.27. The van der Waals surface area contributed by atoms with Gasteiger partial charge < -0.3 is 19.7 Å². The number of ether oxygens (including phenoxy) is 2. The van der Waals surface area contributed by atoms with Crippen LogP contribution in [0.25, 0.3) is 0 Å². The SMILES string of the molecule is COC(=O)CNC(=O)[C@@H]1CCCN(C(=O)CCOc2ccccc2)C1. The molecule has 1 atom stereocenters. The molecule has 1 aliphatic rings. The van der Waals surface area contributed by atoms with Crippen molar-refractivity contribution in [3.8, 4) is 5.75 Å². The zero-order valence-corrected chi connectivity index (χ0v) is 14.4. The summed E-state index contributed by atoms with van der Waals surface area (Å²) in [5.74, 6) is -0.300. The summed E-state index contributed by atoms with van der Waals surface area (Å²) in [6, 6.07) is 9.33. The Bertz CT molecular complexity index is 590. The van der Waals surface area contributed by atoms with Crippen molar-refractivity contribution in [3.63, 3.8) is 0 Å². The lowest BCUT2D eigenvalue weighted by Crippen LogP contribution is -2.46. The van der Waals surface area contributed by atoms with Gasteiger partial charge in [0.05, 0.1) is 26.1 Å². The van der Waals surface area contributed by atoms with Gasteiger partial charge in [0.1, 0.15) is 12.3 Å². The zero-order chi connectivity index (χ0) is 18.1. The number of carbonyl (C=O) groups excluding carboxylic acids is 3. The van der Waals surface area contributed by atoms with Gasteiger partial charge >= 0.3 is 5.97 Å². The molecule has 7 heteroatoms. The first-order chi connectivity index (χ1) is 12.1. The Morgan fingerprint density at radius 2 is 2.00 bits per heavy atom. The fraction of sp³-hybridized carbons (Fsp3) is 0.500. The molecule has 0 spiro atoms. The van der Waals surface area contributed by atoms with Crippen LogP contribution in [0.1, 0.15) is 19.3 Å². The standard InChI is InChI=1S/C18H24N2O5/c1-24-17(22)12-19-18(23)14-6-5-10-20(13-14)16(21)9-11-25-15-7-3-2-4-8-15/h2-4,7-8,14H,5-6,9-13H2,1H3,(H,19,23)/t14-/m1/s1. The summed E-state index contributed by atoms with van der Waals surface area (Å²) in [6.07, 6.45) is 1.74. The topological polar surface area (TPSA) is 84.9 Å². The Kier molecular flexibility index (Phi) is 7.25. The molecule has 1 heterocycles. The predicted molar refractivity (Wildman–Crippen MR) is 90.9 cm³/mol. The quantitative estimate of drug-likeness (QED) is 0.743. The molecule has 25 heavy (non-hydrogen) atoms. The van der Waals surface area contributed by atoms with Crippen molar-refractivity contribution in [3.05, 3.63) is 30.3 Å². The molecule has 2 amide bonds. The first-order valence-corrected chi connectivity index (χ1v) is 8.40. The highest BCUT2D eigenvalue weighted by molar-refractivity contribution is 5.84. The summed E-state index contributed by atoms with van der Waals surface area (Å²) in [5, 5.41) is 2.55. The van der Waals surface area contributed by atoms with Gasteiger partial charge in [-0.05, 0) is 25.0 Å². The molecule has 0 aromatic heterocycles. The van der Waals surface area contributed by atoms with Crippen molar-refractivity contribution < 1.29 is 23.9 Å². The van der Waals surface area contributed by atoms with E-state index in [0.29, 0.717) is 26.1 Å². The van der Waals surface area contributed by atoms with E-state index >= 15 is 0 Å². The van der Waals surface area contributed by atoms with E-state index in [1.165, 1.54) is 7.11 Å². The van der Waals surface area contributed by atoms with Crippen LogP contribution in [0.2, 0.25) is 0 Å². The number of rotatable bonds is 7. The Labute approximate surface area is 147 Å². The lowest BCUT2D eigenvalue weighted by molar-refractivity contribution is -0.142. The number of amides is 2. The van der Waals surface area contributed by atoms with Crippen LogP contribution in [-0.2, 0) is 19.1 Å². The van der Waals surface area contributed by atoms with Crippen LogP contribution in [0.4, 0.5) is 0 Å². The highest BCUT2D eigenvalue weighted by Crippen LogP contribution is 2.17. The summed E-state index contributed by atoms with van der Waals surface area (Å²) in [5.41, 5.74) is 0. The first-order valence-electron chi connectivity index (χ1n) is 8.40. The van der Waals surface area contributed by atoms with E-state index in [4.69, 9.17) is 4.74 Å². The number of nitrogens with one attached hydrogen (secondary N) is 1. The van der Waals surface area contributed by atoms with E-state index in [0.717, 1.165) is 12.2 Å². The second kappa shape index (κ2) is 9.66. The fourth-order valence-corrected chi connectivity index (χ4v) is 2.72. The molecule has 1 saturated heterocycles. The van der Waals surface area contributed by atoms with E-state index in [1.54, 1.807) is 4.90 Å². The number of benzene rings is 1. The number of hydrogen-bond donors (Lipinski definition) is 1. The summed E-state index contributed by atoms with van der Waals surface area (Å²) in [4.78, 5) is 37.2. The number of methoxy groups -OCH3 is 1. The molecule has 0 bridgehead atoms. The molecule has 1 aliphatic heterocycles. The van der Waals surface area contributed by atoms with Crippen LogP contribution < -0.4 is 10.1 Å². The number of hydrogen-bond acceptors (Lipinski definition) is 5. The Balaban J connectivity index is 1.74. The molecule has 1 aromatic rings. The first kappa shape index (κ1) is 18.8. The maximum atomic E-state index is 12.3. The van der Waals surface area contributed by atoms with E-state index in [-0.39, 0.29) is 30.7 Å². The molecule has 136 valence electrons. The molecule has 2 rings (SSSR count). The average molecular weight is 348 g/mol. The molecular weight excluding hydrogens is 324 g/mol. The van der Waals surface area contributed by atoms with Crippen molar-refractivity contribution in [1.29, 1.82) is 0 Å². The van der Waals surface area contributed by atoms with Gasteiger partial charge in [-0.1, -0.05) is 18.2 Å². The zero-order valence-electron chi connectivity index (χ0n) is 14.4. The predicted octanol–water partition coefficient (Wildman–Crippen LogP) is 0.983. The maximum absolute atomic E-state index is 12.3. The molecule has 1 aromatic carbocycles. The summed E-state index contributed by atoms with van der Waals surface area (Å²) in [6.45, 7) is 1.17. The number of esters is 1. The van der Waals surface area contributed by atoms with Crippen molar-refractivity contribution >= 4 is 17.8 Å². The third-order valence-corrected chi connectivity index (χ3v) is 4.11. The number of carbonyl (C=O) groups is 3. The Morgan fingerprint density at radius 1 is 1.24 bits per heavy atom. The molecular formula is C18H24N2O5. The maximum Gasteiger partial charge on any atom is 0.325 e. The van der Waals surface area contributed by atoms with Gasteiger partial charge in [0, 0.05) is 13.1 Å². The highest BCUT2D eigenvalue weighted by Gasteiger charge is 2.28. The molecule has 0 aliphatic carbocycles. The van der Waals surface area contributed by atoms with Gasteiger partial charge in [0.2, 0.25) is 11.8 Å². The lowest BCUT2D eigenvalue weighted by Gasteiger charge is -2.32. The van der Waals surface area contributed by atoms with E-state index in [1.807, 2.05) is 30.3 Å². The molecule has 1 N–H and O–H groups in total. The third-order valence-electron chi connectivity index (χ3n) is 4.11. The molecule has 0 radical (unpaired) electrons. The molecule has 0 saturated carbocycles. The summed E-state index contributed by atoms with van der Waals surface area (Å²) >= 11 is 0. The molecule has 7 nitrogen and oxygen atoms in total. The monoisotopic (exact) mass is 348 g/mol. The van der Waals surface area contributed by atoms with Gasteiger partial charge in [0.25, 0.3) is 0 Å². The van der Waals surface area contributed by atoms with Crippen LogP contribution >= 0.6 is 0 Å². The van der Waals surface area contributed by atoms with Gasteiger partial charge in [-0.25, -0.2) is 0 Å². The van der Waals surface area contributed by atoms with Crippen LogP contribution in [0, 0.1) is 5.92 Å². The largest absolute Gasteiger partial charge is 0.493 e. The minimum Gasteiger partial charge on any atom is -0.493 e. The Hall–Kier alpha value is -2.57. The second-order valence-corrected chi connectivity index (χ2v) is 5.88. The highest BCUT2D eigenvalue weighted by atomic mass is 16.5. The minimum atomic E-state index is -0.491. The smallest absolute Gasteiger partial charge is 0.325 e. The molecule has 0 unspecified atom stereocenters. The Morgan fingerprint density at radius 3 is 2.72 bits per heavy atom. The lowest BCUT2D eigenvalue weighted by atomic mass is 9.97. The van der Waals surface area contributed by atoms with Gasteiger partial charge in [-0.3, -0.25) is 14.4 Å². The van der Waals surface area contributed by atoms with Crippen LogP contribution in [0.15, 0.2) is 30.3 Å². The minimum absolute atomic E-state index is 0.0265. The van der Waals surface area contributed by atoms with E-state index in [2.05, 4.69) is 10.1 Å². The second-order valence-electron chi connectivity index (χ2n) is 5.88. The number of nitrogens with zero attached hydrogens (tertiary/aromatic N) is 1. The van der Waals surface area contributed by atoms with Crippen LogP contribution in [-0.4, -0.2) is 56.0 Å². The van der Waals surface area contributed by atoms with Gasteiger partial charge in [-0.2, -0.15) is 0 Å². The third kappa shape index (κ3) is 6.10. The van der Waals surface area contributed by atoms with E-state index < -0.39 is 5.97 Å². The van der Waals surface area contributed by atoms with Crippen molar-refractivity contribution in [1.82, 2.24) is 10.2 Å². The van der Waals surface area contributed by atoms with Crippen LogP contribution in [0.3, 0.4) is 0 Å². The van der Waals surface area contributed by atoms with Crippen LogP contribution in [0.5, 0.6) is 5.75 Å². The van der Waals surface area contributed by atoms with Gasteiger partial charge in [-0.15, -0.1) is 0 Å². The summed E-state index contributed by atoms with van der Waals surface area (Å²) < 4.78 is 10.0. The van der Waals surface area contributed by atoms with Crippen molar-refractivity contribution in [2.45, 2.75) is 19.3 Å². The number of para-hydroxylation sites is 1. The molecule has 1 fully saturated rings. The average Bonchev–Trinajstić information content (AvgIpc) is 2.66. The number of likely N-dealkylation sites (tertiary alicyclic amines) is 1. The normalized spacial score (nSPS) is 16.8. The van der Waals surface area contributed by atoms with E-state index in [9.17, 15) is 14.4 Å². The fourth-order valence-electron chi connectivity index (χ4n) is 2.72. The van der Waals surface area contributed by atoms with Gasteiger partial charge in [0.15, 0.2) is 0 Å².